The van der Waals surface area contributed by atoms with Crippen LogP contribution in [-0.2, 0) is 9.53 Å². The first-order chi connectivity index (χ1) is 8.70. The summed E-state index contributed by atoms with van der Waals surface area (Å²) in [5.74, 6) is -0.130. The van der Waals surface area contributed by atoms with Crippen LogP contribution >= 0.6 is 11.6 Å². The van der Waals surface area contributed by atoms with Gasteiger partial charge < -0.3 is 4.74 Å². The number of methoxy groups -OCH3 is 1. The number of hydrogen-bond donors (Lipinski definition) is 0. The molecule has 0 saturated heterocycles. The van der Waals surface area contributed by atoms with Gasteiger partial charge in [0.2, 0.25) is 0 Å². The highest BCUT2D eigenvalue weighted by Crippen LogP contribution is 2.16. The standard InChI is InChI=1S/C15H29ClO2/c1-3-4-5-6-7-8-9-11-14(16)12-10-13-15(17)18-2/h14H,3-13H2,1-2H3. The molecule has 0 aromatic rings. The van der Waals surface area contributed by atoms with Crippen LogP contribution in [0.15, 0.2) is 0 Å². The summed E-state index contributed by atoms with van der Waals surface area (Å²) < 4.78 is 4.60. The molecule has 0 bridgehead atoms. The lowest BCUT2D eigenvalue weighted by atomic mass is 10.0. The van der Waals surface area contributed by atoms with Gasteiger partial charge in [0.25, 0.3) is 0 Å². The van der Waals surface area contributed by atoms with Gasteiger partial charge in [-0.15, -0.1) is 11.6 Å². The predicted molar refractivity (Wildman–Crippen MR) is 78.1 cm³/mol. The number of carbonyl (C=O) groups is 1. The lowest BCUT2D eigenvalue weighted by Crippen LogP contribution is -2.03. The zero-order valence-corrected chi connectivity index (χ0v) is 12.8. The van der Waals surface area contributed by atoms with Gasteiger partial charge in [0, 0.05) is 11.8 Å². The van der Waals surface area contributed by atoms with E-state index in [0.717, 1.165) is 19.3 Å². The van der Waals surface area contributed by atoms with Crippen LogP contribution in [0, 0.1) is 0 Å². The van der Waals surface area contributed by atoms with Crippen LogP contribution in [0.4, 0.5) is 0 Å². The molecule has 18 heavy (non-hydrogen) atoms. The van der Waals surface area contributed by atoms with Gasteiger partial charge in [-0.05, 0) is 19.3 Å². The molecule has 0 radical (unpaired) electrons. The van der Waals surface area contributed by atoms with Crippen molar-refractivity contribution in [2.75, 3.05) is 7.11 Å². The summed E-state index contributed by atoms with van der Waals surface area (Å²) >= 11 is 6.22. The molecular weight excluding hydrogens is 248 g/mol. The highest BCUT2D eigenvalue weighted by Gasteiger charge is 2.06. The molecule has 0 fully saturated rings. The Hall–Kier alpha value is -0.240. The van der Waals surface area contributed by atoms with E-state index in [9.17, 15) is 4.79 Å². The Morgan fingerprint density at radius 1 is 1.00 bits per heavy atom. The van der Waals surface area contributed by atoms with E-state index in [1.54, 1.807) is 0 Å². The number of unbranched alkanes of at least 4 members (excludes halogenated alkanes) is 6. The first kappa shape index (κ1) is 17.8. The van der Waals surface area contributed by atoms with Gasteiger partial charge in [-0.25, -0.2) is 0 Å². The minimum absolute atomic E-state index is 0.130. The summed E-state index contributed by atoms with van der Waals surface area (Å²) in [7, 11) is 1.43. The molecule has 0 spiro atoms. The monoisotopic (exact) mass is 276 g/mol. The van der Waals surface area contributed by atoms with Gasteiger partial charge >= 0.3 is 5.97 Å². The second-order valence-electron chi connectivity index (χ2n) is 4.98. The summed E-state index contributed by atoms with van der Waals surface area (Å²) in [6.45, 7) is 2.24. The fraction of sp³-hybridized carbons (Fsp3) is 0.933. The van der Waals surface area contributed by atoms with E-state index >= 15 is 0 Å². The van der Waals surface area contributed by atoms with Crippen molar-refractivity contribution in [1.29, 1.82) is 0 Å². The average Bonchev–Trinajstić information content (AvgIpc) is 2.37. The molecule has 1 unspecified atom stereocenters. The number of alkyl halides is 1. The third kappa shape index (κ3) is 12.2. The van der Waals surface area contributed by atoms with Crippen LogP contribution in [0.3, 0.4) is 0 Å². The normalized spacial score (nSPS) is 12.4. The molecule has 2 nitrogen and oxygen atoms in total. The highest BCUT2D eigenvalue weighted by atomic mass is 35.5. The average molecular weight is 277 g/mol. The molecule has 0 aromatic heterocycles. The van der Waals surface area contributed by atoms with Crippen molar-refractivity contribution in [3.8, 4) is 0 Å². The zero-order chi connectivity index (χ0) is 13.6. The van der Waals surface area contributed by atoms with Gasteiger partial charge in [-0.1, -0.05) is 51.9 Å². The number of ether oxygens (including phenoxy) is 1. The first-order valence-corrected chi connectivity index (χ1v) is 7.85. The third-order valence-corrected chi connectivity index (χ3v) is 3.68. The Bertz CT molecular complexity index is 195. The van der Waals surface area contributed by atoms with Crippen molar-refractivity contribution < 1.29 is 9.53 Å². The van der Waals surface area contributed by atoms with E-state index < -0.39 is 0 Å². The lowest BCUT2D eigenvalue weighted by Gasteiger charge is -2.08. The minimum atomic E-state index is -0.130. The maximum atomic E-state index is 10.9. The quantitative estimate of drug-likeness (QED) is 0.282. The van der Waals surface area contributed by atoms with Crippen molar-refractivity contribution in [2.24, 2.45) is 0 Å². The van der Waals surface area contributed by atoms with Crippen molar-refractivity contribution in [2.45, 2.75) is 82.9 Å². The number of esters is 1. The largest absolute Gasteiger partial charge is 0.469 e. The van der Waals surface area contributed by atoms with E-state index in [4.69, 9.17) is 11.6 Å². The van der Waals surface area contributed by atoms with Gasteiger partial charge in [0.1, 0.15) is 0 Å². The van der Waals surface area contributed by atoms with Crippen LogP contribution in [0.5, 0.6) is 0 Å². The van der Waals surface area contributed by atoms with Gasteiger partial charge in [-0.2, -0.15) is 0 Å². The number of halogens is 1. The minimum Gasteiger partial charge on any atom is -0.469 e. The molecule has 3 heteroatoms. The van der Waals surface area contributed by atoms with E-state index in [1.807, 2.05) is 0 Å². The van der Waals surface area contributed by atoms with Crippen LogP contribution in [-0.4, -0.2) is 18.5 Å². The number of hydrogen-bond acceptors (Lipinski definition) is 2. The molecule has 0 aromatic carbocycles. The second kappa shape index (κ2) is 13.2. The Balaban J connectivity index is 3.21. The van der Waals surface area contributed by atoms with Gasteiger partial charge in [0.05, 0.1) is 7.11 Å². The number of carbonyl (C=O) groups excluding carboxylic acids is 1. The molecule has 0 rings (SSSR count). The molecule has 0 N–H and O–H groups in total. The first-order valence-electron chi connectivity index (χ1n) is 7.41. The van der Waals surface area contributed by atoms with E-state index in [0.29, 0.717) is 6.42 Å². The van der Waals surface area contributed by atoms with Crippen LogP contribution < -0.4 is 0 Å². The summed E-state index contributed by atoms with van der Waals surface area (Å²) in [5.41, 5.74) is 0. The van der Waals surface area contributed by atoms with Crippen molar-refractivity contribution in [3.05, 3.63) is 0 Å². The molecular formula is C15H29ClO2. The molecule has 0 aliphatic heterocycles. The summed E-state index contributed by atoms with van der Waals surface area (Å²) in [5, 5.41) is 0.227. The summed E-state index contributed by atoms with van der Waals surface area (Å²) in [6, 6.07) is 0. The molecule has 0 heterocycles. The van der Waals surface area contributed by atoms with E-state index in [-0.39, 0.29) is 11.3 Å². The zero-order valence-electron chi connectivity index (χ0n) is 12.0. The molecule has 0 saturated carbocycles. The lowest BCUT2D eigenvalue weighted by molar-refractivity contribution is -0.140. The topological polar surface area (TPSA) is 26.3 Å². The Kier molecular flexibility index (Phi) is 13.0. The van der Waals surface area contributed by atoms with Crippen molar-refractivity contribution in [1.82, 2.24) is 0 Å². The Morgan fingerprint density at radius 3 is 2.17 bits per heavy atom. The molecule has 1 atom stereocenters. The highest BCUT2D eigenvalue weighted by molar-refractivity contribution is 6.20. The Morgan fingerprint density at radius 2 is 1.56 bits per heavy atom. The van der Waals surface area contributed by atoms with E-state index in [2.05, 4.69) is 11.7 Å². The molecule has 0 aliphatic carbocycles. The Labute approximate surface area is 117 Å². The van der Waals surface area contributed by atoms with Crippen molar-refractivity contribution >= 4 is 17.6 Å². The van der Waals surface area contributed by atoms with Crippen LogP contribution in [0.25, 0.3) is 0 Å². The third-order valence-electron chi connectivity index (χ3n) is 3.25. The smallest absolute Gasteiger partial charge is 0.305 e. The second-order valence-corrected chi connectivity index (χ2v) is 5.59. The fourth-order valence-electron chi connectivity index (χ4n) is 2.04. The van der Waals surface area contributed by atoms with Crippen LogP contribution in [0.2, 0.25) is 0 Å². The van der Waals surface area contributed by atoms with Crippen molar-refractivity contribution in [3.63, 3.8) is 0 Å². The fourth-order valence-corrected chi connectivity index (χ4v) is 2.35. The van der Waals surface area contributed by atoms with Gasteiger partial charge in [0.15, 0.2) is 0 Å². The maximum absolute atomic E-state index is 10.9. The molecule has 0 aliphatic rings. The summed E-state index contributed by atoms with van der Waals surface area (Å²) in [4.78, 5) is 10.9. The summed E-state index contributed by atoms with van der Waals surface area (Å²) in [6.07, 6.45) is 12.6. The van der Waals surface area contributed by atoms with Gasteiger partial charge in [-0.3, -0.25) is 4.79 Å². The molecule has 108 valence electrons. The predicted octanol–water partition coefficient (Wildman–Crippen LogP) is 5.08. The molecule has 0 amide bonds. The number of rotatable bonds is 12. The SMILES string of the molecule is CCCCCCCCCC(Cl)CCCC(=O)OC. The van der Waals surface area contributed by atoms with E-state index in [1.165, 1.54) is 52.1 Å². The van der Waals surface area contributed by atoms with Crippen LogP contribution in [0.1, 0.15) is 77.6 Å². The maximum Gasteiger partial charge on any atom is 0.305 e.